The van der Waals surface area contributed by atoms with Crippen LogP contribution in [-0.2, 0) is 9.59 Å². The largest absolute Gasteiger partial charge is 0.352 e. The lowest BCUT2D eigenvalue weighted by molar-refractivity contribution is -0.118. The maximum atomic E-state index is 13.2. The summed E-state index contributed by atoms with van der Waals surface area (Å²) in [7, 11) is 0. The third kappa shape index (κ3) is 5.33. The second kappa shape index (κ2) is 9.87. The predicted octanol–water partition coefficient (Wildman–Crippen LogP) is 6.43. The van der Waals surface area contributed by atoms with Gasteiger partial charge in [-0.25, -0.2) is 0 Å². The fourth-order valence-electron chi connectivity index (χ4n) is 4.35. The highest BCUT2D eigenvalue weighted by molar-refractivity contribution is 8.03. The summed E-state index contributed by atoms with van der Waals surface area (Å²) >= 11 is 13.2. The van der Waals surface area contributed by atoms with E-state index in [1.807, 2.05) is 12.1 Å². The maximum absolute atomic E-state index is 13.2. The lowest BCUT2D eigenvalue weighted by atomic mass is 9.69. The average Bonchev–Trinajstić information content (AvgIpc) is 2.78. The molecule has 0 bridgehead atoms. The van der Waals surface area contributed by atoms with Crippen molar-refractivity contribution in [3.05, 3.63) is 86.0 Å². The number of ketones is 1. The molecular formula is C26H23Cl2N3O2S. The molecule has 4 rings (SSSR count). The third-order valence-electron chi connectivity index (χ3n) is 5.81. The lowest BCUT2D eigenvalue weighted by Gasteiger charge is -2.39. The number of Topliss-reactive ketones (excluding diaryl/α,β-unsaturated/α-hetero) is 1. The molecule has 2 N–H and O–H groups in total. The molecule has 1 unspecified atom stereocenters. The van der Waals surface area contributed by atoms with Crippen molar-refractivity contribution < 1.29 is 9.59 Å². The van der Waals surface area contributed by atoms with Crippen molar-refractivity contribution in [1.29, 1.82) is 5.26 Å². The Morgan fingerprint density at radius 3 is 2.35 bits per heavy atom. The fraction of sp³-hybridized carbons (Fsp3) is 0.269. The van der Waals surface area contributed by atoms with E-state index in [0.717, 1.165) is 11.3 Å². The van der Waals surface area contributed by atoms with E-state index in [-0.39, 0.29) is 22.9 Å². The molecule has 2 aromatic carbocycles. The number of nitriles is 1. The minimum absolute atomic E-state index is 0.0379. The van der Waals surface area contributed by atoms with Crippen molar-refractivity contribution in [2.75, 3.05) is 11.1 Å². The molecule has 5 nitrogen and oxygen atoms in total. The number of benzene rings is 2. The maximum Gasteiger partial charge on any atom is 0.234 e. The molecule has 0 saturated heterocycles. The van der Waals surface area contributed by atoms with Gasteiger partial charge in [-0.3, -0.25) is 9.59 Å². The molecule has 0 aromatic heterocycles. The summed E-state index contributed by atoms with van der Waals surface area (Å²) in [6.45, 7) is 4.12. The van der Waals surface area contributed by atoms with Gasteiger partial charge in [0.2, 0.25) is 5.91 Å². The zero-order valence-electron chi connectivity index (χ0n) is 18.7. The number of hydrogen-bond acceptors (Lipinski definition) is 5. The van der Waals surface area contributed by atoms with Crippen LogP contribution in [0.1, 0.15) is 38.2 Å². The number of anilines is 1. The Morgan fingerprint density at radius 1 is 1.12 bits per heavy atom. The van der Waals surface area contributed by atoms with Crippen molar-refractivity contribution in [1.82, 2.24) is 5.32 Å². The lowest BCUT2D eigenvalue weighted by Crippen LogP contribution is -2.37. The number of allylic oxidation sites excluding steroid dienone is 3. The fourth-order valence-corrected chi connectivity index (χ4v) is 5.46. The van der Waals surface area contributed by atoms with E-state index in [1.54, 1.807) is 36.4 Å². The molecule has 0 radical (unpaired) electrons. The van der Waals surface area contributed by atoms with Crippen molar-refractivity contribution in [3.63, 3.8) is 0 Å². The Kier molecular flexibility index (Phi) is 7.09. The molecule has 1 heterocycles. The SMILES string of the molecule is CC1(C)CC(=O)C2=C(C1)NC(SCC(=O)Nc1ccc(Cl)cc1)=C(C#N)C2c1ccc(Cl)cc1. The third-order valence-corrected chi connectivity index (χ3v) is 7.33. The molecule has 8 heteroatoms. The summed E-state index contributed by atoms with van der Waals surface area (Å²) in [6.07, 6.45) is 1.10. The Morgan fingerprint density at radius 2 is 1.74 bits per heavy atom. The van der Waals surface area contributed by atoms with Gasteiger partial charge in [0.25, 0.3) is 0 Å². The van der Waals surface area contributed by atoms with E-state index in [0.29, 0.717) is 44.7 Å². The molecule has 1 amide bonds. The van der Waals surface area contributed by atoms with Crippen LogP contribution in [0.2, 0.25) is 10.0 Å². The first kappa shape index (κ1) is 24.4. The smallest absolute Gasteiger partial charge is 0.234 e. The van der Waals surface area contributed by atoms with Gasteiger partial charge >= 0.3 is 0 Å². The van der Waals surface area contributed by atoms with Gasteiger partial charge < -0.3 is 10.6 Å². The van der Waals surface area contributed by atoms with Crippen LogP contribution in [0.15, 0.2) is 70.4 Å². The Bertz CT molecular complexity index is 1240. The molecular weight excluding hydrogens is 489 g/mol. The van der Waals surface area contributed by atoms with E-state index in [9.17, 15) is 14.9 Å². The summed E-state index contributed by atoms with van der Waals surface area (Å²) in [6, 6.07) is 16.4. The normalized spacial score (nSPS) is 19.3. The molecule has 2 aromatic rings. The van der Waals surface area contributed by atoms with Crippen LogP contribution in [0.4, 0.5) is 5.69 Å². The first-order chi connectivity index (χ1) is 16.2. The Hall–Kier alpha value is -2.72. The highest BCUT2D eigenvalue weighted by Gasteiger charge is 2.41. The van der Waals surface area contributed by atoms with Crippen molar-refractivity contribution in [3.8, 4) is 6.07 Å². The molecule has 0 spiro atoms. The van der Waals surface area contributed by atoms with Crippen LogP contribution in [0, 0.1) is 16.7 Å². The van der Waals surface area contributed by atoms with Crippen LogP contribution < -0.4 is 10.6 Å². The zero-order chi connectivity index (χ0) is 24.5. The summed E-state index contributed by atoms with van der Waals surface area (Å²) in [5, 5.41) is 18.1. The average molecular weight is 512 g/mol. The molecule has 0 fully saturated rings. The number of hydrogen-bond donors (Lipinski definition) is 2. The van der Waals surface area contributed by atoms with Crippen molar-refractivity contribution in [2.45, 2.75) is 32.6 Å². The summed E-state index contributed by atoms with van der Waals surface area (Å²) < 4.78 is 0. The second-order valence-electron chi connectivity index (χ2n) is 9.14. The first-order valence-electron chi connectivity index (χ1n) is 10.8. The van der Waals surface area contributed by atoms with E-state index < -0.39 is 5.92 Å². The summed E-state index contributed by atoms with van der Waals surface area (Å²) in [4.78, 5) is 25.8. The number of thioether (sulfide) groups is 1. The minimum Gasteiger partial charge on any atom is -0.352 e. The van der Waals surface area contributed by atoms with Crippen LogP contribution in [-0.4, -0.2) is 17.4 Å². The Labute approximate surface area is 213 Å². The highest BCUT2D eigenvalue weighted by atomic mass is 35.5. The van der Waals surface area contributed by atoms with Crippen LogP contribution >= 0.6 is 35.0 Å². The summed E-state index contributed by atoms with van der Waals surface area (Å²) in [5.74, 6) is -0.564. The Balaban J connectivity index is 1.64. The number of nitrogens with zero attached hydrogens (tertiary/aromatic N) is 1. The van der Waals surface area contributed by atoms with Crippen molar-refractivity contribution >= 4 is 52.3 Å². The minimum atomic E-state index is -0.496. The van der Waals surface area contributed by atoms with Crippen molar-refractivity contribution in [2.24, 2.45) is 5.41 Å². The van der Waals surface area contributed by atoms with Gasteiger partial charge in [-0.1, -0.05) is 60.9 Å². The van der Waals surface area contributed by atoms with Crippen LogP contribution in [0.3, 0.4) is 0 Å². The van der Waals surface area contributed by atoms with Crippen LogP contribution in [0.5, 0.6) is 0 Å². The summed E-state index contributed by atoms with van der Waals surface area (Å²) in [5.41, 5.74) is 3.16. The van der Waals surface area contributed by atoms with Gasteiger partial charge in [0.1, 0.15) is 0 Å². The molecule has 1 atom stereocenters. The van der Waals surface area contributed by atoms with E-state index >= 15 is 0 Å². The van der Waals surface area contributed by atoms with Gasteiger partial charge in [0, 0.05) is 33.4 Å². The second-order valence-corrected chi connectivity index (χ2v) is 11.0. The molecule has 1 aliphatic carbocycles. The molecule has 34 heavy (non-hydrogen) atoms. The number of nitrogens with one attached hydrogen (secondary N) is 2. The first-order valence-corrected chi connectivity index (χ1v) is 12.5. The topological polar surface area (TPSA) is 82.0 Å². The standard InChI is InChI=1S/C26H23Cl2N3O2S/c1-26(2)11-20-24(21(32)12-26)23(15-3-5-16(27)6-4-15)19(13-29)25(31-20)34-14-22(33)30-18-9-7-17(28)8-10-18/h3-10,23,31H,11-12,14H2,1-2H3,(H,30,33). The van der Waals surface area contributed by atoms with Gasteiger partial charge in [0.15, 0.2) is 5.78 Å². The monoisotopic (exact) mass is 511 g/mol. The number of carbonyl (C=O) groups excluding carboxylic acids is 2. The number of amides is 1. The molecule has 0 saturated carbocycles. The quantitative estimate of drug-likeness (QED) is 0.483. The van der Waals surface area contributed by atoms with E-state index in [4.69, 9.17) is 23.2 Å². The number of carbonyl (C=O) groups is 2. The predicted molar refractivity (Wildman–Crippen MR) is 138 cm³/mol. The highest BCUT2D eigenvalue weighted by Crippen LogP contribution is 2.47. The number of rotatable bonds is 5. The zero-order valence-corrected chi connectivity index (χ0v) is 21.1. The molecule has 1 aliphatic heterocycles. The molecule has 174 valence electrons. The number of dihydropyridines is 1. The van der Waals surface area contributed by atoms with E-state index in [2.05, 4.69) is 30.6 Å². The van der Waals surface area contributed by atoms with Gasteiger partial charge in [-0.2, -0.15) is 5.26 Å². The van der Waals surface area contributed by atoms with Crippen LogP contribution in [0.25, 0.3) is 0 Å². The van der Waals surface area contributed by atoms with Gasteiger partial charge in [-0.15, -0.1) is 0 Å². The number of halogens is 2. The molecule has 2 aliphatic rings. The van der Waals surface area contributed by atoms with E-state index in [1.165, 1.54) is 11.8 Å². The van der Waals surface area contributed by atoms with Gasteiger partial charge in [-0.05, 0) is 53.8 Å². The van der Waals surface area contributed by atoms with Gasteiger partial charge in [0.05, 0.1) is 28.3 Å².